The SMILES string of the molecule is COc1cccc(N(C)CC2NCCC2C)c1. The third-order valence-corrected chi connectivity index (χ3v) is 3.66. The van der Waals surface area contributed by atoms with Gasteiger partial charge in [0.05, 0.1) is 7.11 Å². The molecule has 1 aliphatic rings. The summed E-state index contributed by atoms with van der Waals surface area (Å²) in [5.41, 5.74) is 1.21. The van der Waals surface area contributed by atoms with Gasteiger partial charge in [0.15, 0.2) is 0 Å². The molecule has 1 heterocycles. The fourth-order valence-corrected chi connectivity index (χ4v) is 2.39. The minimum absolute atomic E-state index is 0.603. The first kappa shape index (κ1) is 12.2. The molecule has 0 radical (unpaired) electrons. The average molecular weight is 234 g/mol. The summed E-state index contributed by atoms with van der Waals surface area (Å²) in [7, 11) is 3.85. The first-order valence-electron chi connectivity index (χ1n) is 6.29. The van der Waals surface area contributed by atoms with Crippen LogP contribution in [0.2, 0.25) is 0 Å². The average Bonchev–Trinajstić information content (AvgIpc) is 2.75. The molecule has 2 unspecified atom stereocenters. The van der Waals surface area contributed by atoms with Crippen molar-refractivity contribution < 1.29 is 4.74 Å². The van der Waals surface area contributed by atoms with Gasteiger partial charge in [0.25, 0.3) is 0 Å². The molecule has 1 aromatic rings. The Labute approximate surface area is 104 Å². The molecule has 1 aliphatic heterocycles. The Morgan fingerprint density at radius 2 is 2.29 bits per heavy atom. The first-order chi connectivity index (χ1) is 8.20. The van der Waals surface area contributed by atoms with Crippen molar-refractivity contribution in [3.05, 3.63) is 24.3 Å². The topological polar surface area (TPSA) is 24.5 Å². The Morgan fingerprint density at radius 1 is 1.47 bits per heavy atom. The Balaban J connectivity index is 2.00. The molecule has 0 amide bonds. The van der Waals surface area contributed by atoms with Gasteiger partial charge < -0.3 is 15.0 Å². The fourth-order valence-electron chi connectivity index (χ4n) is 2.39. The van der Waals surface area contributed by atoms with Crippen molar-refractivity contribution >= 4 is 5.69 Å². The molecule has 3 heteroatoms. The number of likely N-dealkylation sites (N-methyl/N-ethyl adjacent to an activating group) is 1. The van der Waals surface area contributed by atoms with Gasteiger partial charge in [-0.15, -0.1) is 0 Å². The van der Waals surface area contributed by atoms with E-state index < -0.39 is 0 Å². The fraction of sp³-hybridized carbons (Fsp3) is 0.571. The summed E-state index contributed by atoms with van der Waals surface area (Å²) in [5.74, 6) is 1.69. The molecule has 1 fully saturated rings. The maximum atomic E-state index is 5.25. The molecule has 2 atom stereocenters. The second-order valence-electron chi connectivity index (χ2n) is 4.91. The van der Waals surface area contributed by atoms with E-state index in [2.05, 4.69) is 36.3 Å². The molecular formula is C14H22N2O. The summed E-state index contributed by atoms with van der Waals surface area (Å²) in [4.78, 5) is 2.29. The number of rotatable bonds is 4. The van der Waals surface area contributed by atoms with E-state index in [1.165, 1.54) is 12.1 Å². The van der Waals surface area contributed by atoms with Crippen molar-refractivity contribution in [1.82, 2.24) is 5.32 Å². The number of hydrogen-bond donors (Lipinski definition) is 1. The molecule has 1 N–H and O–H groups in total. The Morgan fingerprint density at radius 3 is 2.94 bits per heavy atom. The van der Waals surface area contributed by atoms with E-state index >= 15 is 0 Å². The van der Waals surface area contributed by atoms with E-state index in [9.17, 15) is 0 Å². The molecule has 0 saturated carbocycles. The minimum atomic E-state index is 0.603. The summed E-state index contributed by atoms with van der Waals surface area (Å²) in [5, 5.41) is 3.56. The normalized spacial score (nSPS) is 23.7. The number of nitrogens with zero attached hydrogens (tertiary/aromatic N) is 1. The lowest BCUT2D eigenvalue weighted by atomic mass is 10.0. The number of ether oxygens (including phenoxy) is 1. The van der Waals surface area contributed by atoms with Crippen molar-refractivity contribution in [1.29, 1.82) is 0 Å². The zero-order valence-corrected chi connectivity index (χ0v) is 10.9. The van der Waals surface area contributed by atoms with Crippen LogP contribution in [0.5, 0.6) is 5.75 Å². The zero-order valence-electron chi connectivity index (χ0n) is 10.9. The summed E-state index contributed by atoms with van der Waals surface area (Å²) in [6, 6.07) is 8.83. The lowest BCUT2D eigenvalue weighted by Gasteiger charge is -2.26. The molecule has 0 bridgehead atoms. The Kier molecular flexibility index (Phi) is 3.89. The number of benzene rings is 1. The van der Waals surface area contributed by atoms with Gasteiger partial charge in [0.1, 0.15) is 5.75 Å². The van der Waals surface area contributed by atoms with E-state index in [-0.39, 0.29) is 0 Å². The number of methoxy groups -OCH3 is 1. The highest BCUT2D eigenvalue weighted by Gasteiger charge is 2.23. The highest BCUT2D eigenvalue weighted by molar-refractivity contribution is 5.50. The van der Waals surface area contributed by atoms with Crippen molar-refractivity contribution in [3.63, 3.8) is 0 Å². The van der Waals surface area contributed by atoms with Crippen LogP contribution in [0.15, 0.2) is 24.3 Å². The van der Waals surface area contributed by atoms with Crippen LogP contribution >= 0.6 is 0 Å². The van der Waals surface area contributed by atoms with Crippen LogP contribution in [0, 0.1) is 5.92 Å². The second kappa shape index (κ2) is 5.41. The predicted molar refractivity (Wildman–Crippen MR) is 71.8 cm³/mol. The van der Waals surface area contributed by atoms with Crippen molar-refractivity contribution in [2.75, 3.05) is 32.1 Å². The van der Waals surface area contributed by atoms with Crippen LogP contribution < -0.4 is 15.0 Å². The highest BCUT2D eigenvalue weighted by atomic mass is 16.5. The quantitative estimate of drug-likeness (QED) is 0.863. The molecule has 17 heavy (non-hydrogen) atoms. The predicted octanol–water partition coefficient (Wildman–Crippen LogP) is 2.13. The third-order valence-electron chi connectivity index (χ3n) is 3.66. The molecule has 0 spiro atoms. The van der Waals surface area contributed by atoms with Crippen LogP contribution in [0.4, 0.5) is 5.69 Å². The standard InChI is InChI=1S/C14H22N2O/c1-11-7-8-15-14(11)10-16(2)12-5-4-6-13(9-12)17-3/h4-6,9,11,14-15H,7-8,10H2,1-3H3. The number of hydrogen-bond acceptors (Lipinski definition) is 3. The van der Waals surface area contributed by atoms with Gasteiger partial charge in [-0.05, 0) is 31.0 Å². The van der Waals surface area contributed by atoms with Gasteiger partial charge in [-0.1, -0.05) is 13.0 Å². The molecule has 3 nitrogen and oxygen atoms in total. The largest absolute Gasteiger partial charge is 0.497 e. The lowest BCUT2D eigenvalue weighted by Crippen LogP contribution is -2.38. The summed E-state index contributed by atoms with van der Waals surface area (Å²) in [6.45, 7) is 4.52. The smallest absolute Gasteiger partial charge is 0.120 e. The summed E-state index contributed by atoms with van der Waals surface area (Å²) in [6.07, 6.45) is 1.29. The van der Waals surface area contributed by atoms with Crippen LogP contribution in [0.25, 0.3) is 0 Å². The minimum Gasteiger partial charge on any atom is -0.497 e. The van der Waals surface area contributed by atoms with E-state index in [0.717, 1.165) is 24.8 Å². The van der Waals surface area contributed by atoms with Gasteiger partial charge in [-0.3, -0.25) is 0 Å². The van der Waals surface area contributed by atoms with E-state index in [4.69, 9.17) is 4.74 Å². The number of anilines is 1. The van der Waals surface area contributed by atoms with Crippen LogP contribution in [-0.2, 0) is 0 Å². The third kappa shape index (κ3) is 2.91. The van der Waals surface area contributed by atoms with E-state index in [1.54, 1.807) is 7.11 Å². The van der Waals surface area contributed by atoms with E-state index in [1.807, 2.05) is 12.1 Å². The lowest BCUT2D eigenvalue weighted by molar-refractivity contribution is 0.414. The second-order valence-corrected chi connectivity index (χ2v) is 4.91. The van der Waals surface area contributed by atoms with Gasteiger partial charge in [0.2, 0.25) is 0 Å². The van der Waals surface area contributed by atoms with Gasteiger partial charge in [-0.25, -0.2) is 0 Å². The van der Waals surface area contributed by atoms with Crippen molar-refractivity contribution in [2.45, 2.75) is 19.4 Å². The summed E-state index contributed by atoms with van der Waals surface area (Å²) < 4.78 is 5.25. The van der Waals surface area contributed by atoms with Crippen LogP contribution in [-0.4, -0.2) is 33.3 Å². The van der Waals surface area contributed by atoms with Crippen molar-refractivity contribution in [3.8, 4) is 5.75 Å². The Bertz CT molecular complexity index is 367. The molecule has 2 rings (SSSR count). The van der Waals surface area contributed by atoms with Gasteiger partial charge >= 0.3 is 0 Å². The molecule has 94 valence electrons. The molecule has 1 saturated heterocycles. The van der Waals surface area contributed by atoms with E-state index in [0.29, 0.717) is 6.04 Å². The molecule has 0 aliphatic carbocycles. The zero-order chi connectivity index (χ0) is 12.3. The maximum absolute atomic E-state index is 5.25. The highest BCUT2D eigenvalue weighted by Crippen LogP contribution is 2.22. The maximum Gasteiger partial charge on any atom is 0.120 e. The monoisotopic (exact) mass is 234 g/mol. The van der Waals surface area contributed by atoms with Crippen molar-refractivity contribution in [2.24, 2.45) is 5.92 Å². The Hall–Kier alpha value is -1.22. The van der Waals surface area contributed by atoms with Gasteiger partial charge in [0, 0.05) is 31.4 Å². The first-order valence-corrected chi connectivity index (χ1v) is 6.29. The summed E-state index contributed by atoms with van der Waals surface area (Å²) >= 11 is 0. The van der Waals surface area contributed by atoms with Gasteiger partial charge in [-0.2, -0.15) is 0 Å². The molecular weight excluding hydrogens is 212 g/mol. The molecule has 1 aromatic carbocycles. The number of nitrogens with one attached hydrogen (secondary N) is 1. The van der Waals surface area contributed by atoms with Crippen LogP contribution in [0.3, 0.4) is 0 Å². The molecule has 0 aromatic heterocycles. The van der Waals surface area contributed by atoms with Crippen LogP contribution in [0.1, 0.15) is 13.3 Å².